The van der Waals surface area contributed by atoms with Crippen LogP contribution >= 0.6 is 23.4 Å². The van der Waals surface area contributed by atoms with Gasteiger partial charge in [0, 0.05) is 17.4 Å². The van der Waals surface area contributed by atoms with E-state index in [1.807, 2.05) is 0 Å². The van der Waals surface area contributed by atoms with E-state index in [9.17, 15) is 8.42 Å². The lowest BCUT2D eigenvalue weighted by atomic mass is 10.6. The van der Waals surface area contributed by atoms with Crippen molar-refractivity contribution in [1.82, 2.24) is 0 Å². The normalized spacial score (nSPS) is 12.3. The van der Waals surface area contributed by atoms with E-state index in [2.05, 4.69) is 0 Å². The second-order valence-corrected chi connectivity index (χ2v) is 7.00. The molecule has 0 spiro atoms. The van der Waals surface area contributed by atoms with Crippen molar-refractivity contribution >= 4 is 33.2 Å². The summed E-state index contributed by atoms with van der Waals surface area (Å²) >= 11 is 7.03. The molecule has 0 rings (SSSR count). The van der Waals surface area contributed by atoms with Gasteiger partial charge in [-0.15, -0.1) is 11.6 Å². The zero-order valence-corrected chi connectivity index (χ0v) is 9.81. The minimum absolute atomic E-state index is 0.255. The van der Waals surface area contributed by atoms with E-state index in [1.54, 1.807) is 25.6 Å². The summed E-state index contributed by atoms with van der Waals surface area (Å²) < 4.78 is 22.5. The molecule has 0 saturated heterocycles. The summed E-state index contributed by atoms with van der Waals surface area (Å²) in [5, 5.41) is -0.255. The summed E-state index contributed by atoms with van der Waals surface area (Å²) in [5.41, 5.74) is 0. The molecule has 0 amide bonds. The molecule has 0 N–H and O–H groups in total. The minimum atomic E-state index is -2.84. The first-order valence-corrected chi connectivity index (χ1v) is 7.26. The van der Waals surface area contributed by atoms with Gasteiger partial charge in [-0.2, -0.15) is 11.8 Å². The minimum Gasteiger partial charge on any atom is -0.229 e. The molecule has 5 heteroatoms. The molecule has 0 atom stereocenters. The Hall–Kier alpha value is 0.590. The number of rotatable bonds is 6. The third-order valence-corrected chi connectivity index (χ3v) is 5.32. The monoisotopic (exact) mass is 230 g/mol. The van der Waals surface area contributed by atoms with Crippen molar-refractivity contribution in [2.45, 2.75) is 19.1 Å². The van der Waals surface area contributed by atoms with Gasteiger partial charge in [-0.3, -0.25) is 0 Å². The molecule has 0 unspecified atom stereocenters. The summed E-state index contributed by atoms with van der Waals surface area (Å²) in [7, 11) is -2.84. The highest BCUT2D eigenvalue weighted by molar-refractivity contribution is 8.00. The first-order valence-electron chi connectivity index (χ1n) is 3.86. The predicted octanol–water partition coefficient (Wildman–Crippen LogP) is 1.78. The van der Waals surface area contributed by atoms with E-state index in [4.69, 9.17) is 11.6 Å². The summed E-state index contributed by atoms with van der Waals surface area (Å²) in [5.74, 6) is 2.35. The smallest absolute Gasteiger partial charge is 0.153 e. The SMILES string of the molecule is CC(C)S(=O)(=O)CCSCCCl. The lowest BCUT2D eigenvalue weighted by molar-refractivity contribution is 0.589. The van der Waals surface area contributed by atoms with E-state index >= 15 is 0 Å². The van der Waals surface area contributed by atoms with E-state index < -0.39 is 9.84 Å². The molecule has 74 valence electrons. The summed E-state index contributed by atoms with van der Waals surface area (Å²) in [6.07, 6.45) is 0. The molecule has 0 aromatic rings. The lowest BCUT2D eigenvalue weighted by Gasteiger charge is -2.06. The van der Waals surface area contributed by atoms with E-state index in [0.29, 0.717) is 11.6 Å². The highest BCUT2D eigenvalue weighted by Crippen LogP contribution is 2.06. The summed E-state index contributed by atoms with van der Waals surface area (Å²) in [6.45, 7) is 3.42. The standard InChI is InChI=1S/C7H15ClO2S2/c1-7(2)12(9,10)6-5-11-4-3-8/h7H,3-6H2,1-2H3. The Balaban J connectivity index is 3.63. The van der Waals surface area contributed by atoms with Crippen LogP contribution in [-0.4, -0.2) is 36.8 Å². The summed E-state index contributed by atoms with van der Waals surface area (Å²) in [6, 6.07) is 0. The van der Waals surface area contributed by atoms with Crippen LogP contribution in [0.25, 0.3) is 0 Å². The van der Waals surface area contributed by atoms with Gasteiger partial charge in [0.15, 0.2) is 9.84 Å². The Morgan fingerprint density at radius 1 is 1.33 bits per heavy atom. The fourth-order valence-electron chi connectivity index (χ4n) is 0.567. The van der Waals surface area contributed by atoms with Crippen LogP contribution in [0.15, 0.2) is 0 Å². The van der Waals surface area contributed by atoms with Crippen molar-refractivity contribution in [2.24, 2.45) is 0 Å². The first kappa shape index (κ1) is 12.6. The molecule has 12 heavy (non-hydrogen) atoms. The van der Waals surface area contributed by atoms with Gasteiger partial charge in [0.05, 0.1) is 11.0 Å². The Bertz CT molecular complexity index is 199. The zero-order valence-electron chi connectivity index (χ0n) is 7.42. The van der Waals surface area contributed by atoms with Crippen LogP contribution in [0.5, 0.6) is 0 Å². The summed E-state index contributed by atoms with van der Waals surface area (Å²) in [4.78, 5) is 0. The van der Waals surface area contributed by atoms with Gasteiger partial charge >= 0.3 is 0 Å². The molecule has 0 aromatic heterocycles. The number of hydrogen-bond acceptors (Lipinski definition) is 3. The predicted molar refractivity (Wildman–Crippen MR) is 57.0 cm³/mol. The van der Waals surface area contributed by atoms with Crippen molar-refractivity contribution in [1.29, 1.82) is 0 Å². The quantitative estimate of drug-likeness (QED) is 0.515. The van der Waals surface area contributed by atoms with E-state index in [-0.39, 0.29) is 11.0 Å². The van der Waals surface area contributed by atoms with Crippen LogP contribution in [0.1, 0.15) is 13.8 Å². The highest BCUT2D eigenvalue weighted by atomic mass is 35.5. The van der Waals surface area contributed by atoms with Crippen LogP contribution in [-0.2, 0) is 9.84 Å². The Morgan fingerprint density at radius 3 is 2.33 bits per heavy atom. The third-order valence-electron chi connectivity index (χ3n) is 1.45. The fraction of sp³-hybridized carbons (Fsp3) is 1.00. The molecule has 0 aromatic carbocycles. The fourth-order valence-corrected chi connectivity index (χ4v) is 3.08. The van der Waals surface area contributed by atoms with Crippen LogP contribution in [0.3, 0.4) is 0 Å². The lowest BCUT2D eigenvalue weighted by Crippen LogP contribution is -2.19. The Morgan fingerprint density at radius 2 is 1.92 bits per heavy atom. The molecular weight excluding hydrogens is 216 g/mol. The molecule has 0 aliphatic heterocycles. The maximum atomic E-state index is 11.2. The van der Waals surface area contributed by atoms with E-state index in [1.165, 1.54) is 0 Å². The average molecular weight is 231 g/mol. The molecule has 0 radical (unpaired) electrons. The van der Waals surface area contributed by atoms with Crippen molar-refractivity contribution in [3.8, 4) is 0 Å². The van der Waals surface area contributed by atoms with Gasteiger partial charge in [0.2, 0.25) is 0 Å². The second-order valence-electron chi connectivity index (χ2n) is 2.72. The molecule has 0 aliphatic carbocycles. The van der Waals surface area contributed by atoms with Gasteiger partial charge in [-0.25, -0.2) is 8.42 Å². The number of halogens is 1. The Labute approximate surface area is 84.0 Å². The van der Waals surface area contributed by atoms with Crippen molar-refractivity contribution < 1.29 is 8.42 Å². The van der Waals surface area contributed by atoms with E-state index in [0.717, 1.165) is 5.75 Å². The van der Waals surface area contributed by atoms with Crippen LogP contribution in [0.2, 0.25) is 0 Å². The molecule has 0 aliphatic rings. The Kier molecular flexibility index (Phi) is 6.41. The molecule has 2 nitrogen and oxygen atoms in total. The number of alkyl halides is 1. The zero-order chi connectivity index (χ0) is 9.61. The molecule has 0 saturated carbocycles. The average Bonchev–Trinajstić information content (AvgIpc) is 1.98. The largest absolute Gasteiger partial charge is 0.229 e. The number of sulfone groups is 1. The van der Waals surface area contributed by atoms with Crippen LogP contribution < -0.4 is 0 Å². The maximum absolute atomic E-state index is 11.2. The molecule has 0 fully saturated rings. The van der Waals surface area contributed by atoms with Crippen molar-refractivity contribution in [3.63, 3.8) is 0 Å². The van der Waals surface area contributed by atoms with Crippen molar-refractivity contribution in [2.75, 3.05) is 23.1 Å². The maximum Gasteiger partial charge on any atom is 0.153 e. The van der Waals surface area contributed by atoms with Crippen LogP contribution in [0, 0.1) is 0 Å². The first-order chi connectivity index (χ1) is 5.50. The third kappa shape index (κ3) is 5.27. The van der Waals surface area contributed by atoms with Gasteiger partial charge in [0.1, 0.15) is 0 Å². The molecule has 0 heterocycles. The van der Waals surface area contributed by atoms with Gasteiger partial charge in [-0.05, 0) is 13.8 Å². The molecular formula is C7H15ClO2S2. The molecule has 0 bridgehead atoms. The number of hydrogen-bond donors (Lipinski definition) is 0. The van der Waals surface area contributed by atoms with Gasteiger partial charge in [0.25, 0.3) is 0 Å². The van der Waals surface area contributed by atoms with Crippen molar-refractivity contribution in [3.05, 3.63) is 0 Å². The highest BCUT2D eigenvalue weighted by Gasteiger charge is 2.14. The second kappa shape index (κ2) is 6.11. The van der Waals surface area contributed by atoms with Gasteiger partial charge < -0.3 is 0 Å². The topological polar surface area (TPSA) is 34.1 Å². The number of thioether (sulfide) groups is 1. The van der Waals surface area contributed by atoms with Crippen LogP contribution in [0.4, 0.5) is 0 Å². The van der Waals surface area contributed by atoms with Gasteiger partial charge in [-0.1, -0.05) is 0 Å².